The lowest BCUT2D eigenvalue weighted by Gasteiger charge is -2.11. The average Bonchev–Trinajstić information content (AvgIpc) is 2.27. The molecule has 0 fully saturated rings. The van der Waals surface area contributed by atoms with Gasteiger partial charge >= 0.3 is 0 Å². The summed E-state index contributed by atoms with van der Waals surface area (Å²) in [4.78, 5) is 0. The molecule has 2 N–H and O–H groups in total. The van der Waals surface area contributed by atoms with Crippen LogP contribution < -0.4 is 4.72 Å². The fourth-order valence-corrected chi connectivity index (χ4v) is 2.97. The summed E-state index contributed by atoms with van der Waals surface area (Å²) in [7, 11) is -3.50. The summed E-state index contributed by atoms with van der Waals surface area (Å²) in [6.45, 7) is 3.20. The Balaban J connectivity index is 3.07. The van der Waals surface area contributed by atoms with Gasteiger partial charge in [-0.05, 0) is 24.1 Å². The van der Waals surface area contributed by atoms with Crippen molar-refractivity contribution in [2.24, 2.45) is 5.92 Å². The third kappa shape index (κ3) is 5.28. The van der Waals surface area contributed by atoms with E-state index in [1.165, 1.54) is 6.07 Å². The van der Waals surface area contributed by atoms with Crippen molar-refractivity contribution in [1.29, 1.82) is 0 Å². The summed E-state index contributed by atoms with van der Waals surface area (Å²) in [5, 5.41) is 8.63. The van der Waals surface area contributed by atoms with Crippen molar-refractivity contribution >= 4 is 15.7 Å². The van der Waals surface area contributed by atoms with E-state index in [0.717, 1.165) is 12.1 Å². The van der Waals surface area contributed by atoms with Crippen LogP contribution in [0.25, 0.3) is 0 Å². The second kappa shape index (κ2) is 6.55. The minimum atomic E-state index is -3.50. The Bertz CT molecular complexity index is 600. The van der Waals surface area contributed by atoms with Gasteiger partial charge in [-0.3, -0.25) is 4.72 Å². The van der Waals surface area contributed by atoms with Crippen molar-refractivity contribution in [2.45, 2.75) is 13.8 Å². The van der Waals surface area contributed by atoms with Crippen LogP contribution in [-0.4, -0.2) is 25.9 Å². The molecular weight excluding hydrogens is 269 g/mol. The summed E-state index contributed by atoms with van der Waals surface area (Å²) in [6, 6.07) is 3.59. The molecule has 6 heteroatoms. The van der Waals surface area contributed by atoms with Gasteiger partial charge in [0.2, 0.25) is 10.0 Å². The molecule has 0 aromatic heterocycles. The molecule has 0 saturated heterocycles. The predicted octanol–water partition coefficient (Wildman–Crippen LogP) is 1.57. The fraction of sp³-hybridized carbons (Fsp3) is 0.385. The third-order valence-corrected chi connectivity index (χ3v) is 3.74. The third-order valence-electron chi connectivity index (χ3n) is 2.10. The molecule has 1 aromatic rings. The highest BCUT2D eigenvalue weighted by Gasteiger charge is 2.14. The minimum absolute atomic E-state index is 0.0232. The Labute approximate surface area is 112 Å². The van der Waals surface area contributed by atoms with Crippen LogP contribution in [0.2, 0.25) is 0 Å². The largest absolute Gasteiger partial charge is 0.384 e. The molecular formula is C13H16FNO3S. The predicted molar refractivity (Wildman–Crippen MR) is 72.6 cm³/mol. The number of hydrogen-bond acceptors (Lipinski definition) is 3. The van der Waals surface area contributed by atoms with Crippen LogP contribution in [0.4, 0.5) is 10.1 Å². The van der Waals surface area contributed by atoms with Crippen molar-refractivity contribution in [3.8, 4) is 11.8 Å². The molecule has 0 spiro atoms. The number of sulfonamides is 1. The molecule has 0 radical (unpaired) electrons. The maximum absolute atomic E-state index is 13.1. The molecule has 0 atom stereocenters. The minimum Gasteiger partial charge on any atom is -0.384 e. The lowest BCUT2D eigenvalue weighted by atomic mass is 10.2. The lowest BCUT2D eigenvalue weighted by Crippen LogP contribution is -2.20. The highest BCUT2D eigenvalue weighted by molar-refractivity contribution is 7.92. The van der Waals surface area contributed by atoms with Gasteiger partial charge in [-0.25, -0.2) is 12.8 Å². The van der Waals surface area contributed by atoms with Gasteiger partial charge in [-0.15, -0.1) is 0 Å². The Morgan fingerprint density at radius 1 is 1.42 bits per heavy atom. The van der Waals surface area contributed by atoms with Crippen molar-refractivity contribution < 1.29 is 17.9 Å². The zero-order valence-corrected chi connectivity index (χ0v) is 11.6. The highest BCUT2D eigenvalue weighted by Crippen LogP contribution is 2.18. The highest BCUT2D eigenvalue weighted by atomic mass is 32.2. The standard InChI is InChI=1S/C13H16FNO3S/c1-10(2)9-19(17,18)15-13-6-5-12(14)8-11(13)4-3-7-16/h5-6,8,10,15-16H,7,9H2,1-2H3. The topological polar surface area (TPSA) is 66.4 Å². The number of hydrogen-bond donors (Lipinski definition) is 2. The Morgan fingerprint density at radius 3 is 2.68 bits per heavy atom. The molecule has 1 aromatic carbocycles. The van der Waals surface area contributed by atoms with Gasteiger partial charge in [0.15, 0.2) is 0 Å². The summed E-state index contributed by atoms with van der Waals surface area (Å²) in [5.74, 6) is 4.30. The molecule has 0 bridgehead atoms. The normalized spacial score (nSPS) is 11.0. The molecule has 1 rings (SSSR count). The van der Waals surface area contributed by atoms with Crippen molar-refractivity contribution in [3.63, 3.8) is 0 Å². The van der Waals surface area contributed by atoms with E-state index in [2.05, 4.69) is 16.6 Å². The number of aliphatic hydroxyl groups is 1. The maximum Gasteiger partial charge on any atom is 0.233 e. The monoisotopic (exact) mass is 285 g/mol. The summed E-state index contributed by atoms with van der Waals surface area (Å²) < 4.78 is 39.1. The first-order chi connectivity index (χ1) is 8.84. The Kier molecular flexibility index (Phi) is 5.33. The molecule has 0 heterocycles. The number of nitrogens with one attached hydrogen (secondary N) is 1. The first-order valence-electron chi connectivity index (χ1n) is 5.74. The van der Waals surface area contributed by atoms with Crippen molar-refractivity contribution in [2.75, 3.05) is 17.1 Å². The number of halogens is 1. The van der Waals surface area contributed by atoms with E-state index in [1.807, 2.05) is 0 Å². The van der Waals surface area contributed by atoms with Crippen LogP contribution in [0.3, 0.4) is 0 Å². The van der Waals surface area contributed by atoms with E-state index in [9.17, 15) is 12.8 Å². The number of rotatable bonds is 4. The molecule has 0 unspecified atom stereocenters. The van der Waals surface area contributed by atoms with E-state index in [-0.39, 0.29) is 29.5 Å². The molecule has 104 valence electrons. The number of anilines is 1. The van der Waals surface area contributed by atoms with Gasteiger partial charge in [0.1, 0.15) is 12.4 Å². The van der Waals surface area contributed by atoms with E-state index in [4.69, 9.17) is 5.11 Å². The zero-order chi connectivity index (χ0) is 14.5. The van der Waals surface area contributed by atoms with Crippen LogP contribution in [0.1, 0.15) is 19.4 Å². The summed E-state index contributed by atoms with van der Waals surface area (Å²) in [5.41, 5.74) is 0.407. The van der Waals surface area contributed by atoms with E-state index >= 15 is 0 Å². The Morgan fingerprint density at radius 2 is 2.11 bits per heavy atom. The molecule has 0 amide bonds. The van der Waals surface area contributed by atoms with Gasteiger partial charge in [0.05, 0.1) is 17.0 Å². The molecule has 0 aliphatic rings. The maximum atomic E-state index is 13.1. The van der Waals surface area contributed by atoms with Gasteiger partial charge in [-0.2, -0.15) is 0 Å². The SMILES string of the molecule is CC(C)CS(=O)(=O)Nc1ccc(F)cc1C#CCO. The zero-order valence-electron chi connectivity index (χ0n) is 10.8. The van der Waals surface area contributed by atoms with Crippen molar-refractivity contribution in [1.82, 2.24) is 0 Å². The van der Waals surface area contributed by atoms with Crippen molar-refractivity contribution in [3.05, 3.63) is 29.6 Å². The van der Waals surface area contributed by atoms with E-state index < -0.39 is 15.8 Å². The molecule has 19 heavy (non-hydrogen) atoms. The molecule has 0 saturated carbocycles. The Hall–Kier alpha value is -1.58. The van der Waals surface area contributed by atoms with E-state index in [1.54, 1.807) is 13.8 Å². The second-order valence-electron chi connectivity index (χ2n) is 4.43. The molecule has 0 aliphatic heterocycles. The summed E-state index contributed by atoms with van der Waals surface area (Å²) in [6.07, 6.45) is 0. The smallest absolute Gasteiger partial charge is 0.233 e. The van der Waals surface area contributed by atoms with Crippen LogP contribution in [0, 0.1) is 23.6 Å². The quantitative estimate of drug-likeness (QED) is 0.825. The first kappa shape index (κ1) is 15.5. The van der Waals surface area contributed by atoms with Gasteiger partial charge in [-0.1, -0.05) is 25.7 Å². The van der Waals surface area contributed by atoms with Crippen LogP contribution in [-0.2, 0) is 10.0 Å². The first-order valence-corrected chi connectivity index (χ1v) is 7.39. The lowest BCUT2D eigenvalue weighted by molar-refractivity contribution is 0.350. The number of benzene rings is 1. The second-order valence-corrected chi connectivity index (χ2v) is 6.19. The van der Waals surface area contributed by atoms with Crippen LogP contribution in [0.15, 0.2) is 18.2 Å². The van der Waals surface area contributed by atoms with Crippen LogP contribution >= 0.6 is 0 Å². The average molecular weight is 285 g/mol. The molecule has 4 nitrogen and oxygen atoms in total. The fourth-order valence-electron chi connectivity index (χ4n) is 1.49. The van der Waals surface area contributed by atoms with Gasteiger partial charge in [0.25, 0.3) is 0 Å². The van der Waals surface area contributed by atoms with Crippen LogP contribution in [0.5, 0.6) is 0 Å². The molecule has 0 aliphatic carbocycles. The van der Waals surface area contributed by atoms with Gasteiger partial charge in [0, 0.05) is 0 Å². The van der Waals surface area contributed by atoms with Gasteiger partial charge < -0.3 is 5.11 Å². The van der Waals surface area contributed by atoms with E-state index in [0.29, 0.717) is 0 Å². The number of aliphatic hydroxyl groups excluding tert-OH is 1. The summed E-state index contributed by atoms with van der Waals surface area (Å²) >= 11 is 0.